The van der Waals surface area contributed by atoms with Crippen LogP contribution in [0.5, 0.6) is 5.75 Å². The highest BCUT2D eigenvalue weighted by atomic mass is 32.1. The largest absolute Gasteiger partial charge is 0.493 e. The number of thiophene rings is 1. The molecule has 0 aliphatic heterocycles. The van der Waals surface area contributed by atoms with Gasteiger partial charge in [-0.3, -0.25) is 4.98 Å². The summed E-state index contributed by atoms with van der Waals surface area (Å²) in [5.41, 5.74) is 0.989. The number of rotatable bonds is 5. The van der Waals surface area contributed by atoms with Crippen molar-refractivity contribution in [3.05, 3.63) is 59.2 Å². The fourth-order valence-electron chi connectivity index (χ4n) is 2.03. The van der Waals surface area contributed by atoms with Gasteiger partial charge in [0, 0.05) is 23.0 Å². The maximum Gasteiger partial charge on any atom is 0.345 e. The quantitative estimate of drug-likeness (QED) is 0.781. The van der Waals surface area contributed by atoms with Crippen LogP contribution in [0.4, 0.5) is 0 Å². The van der Waals surface area contributed by atoms with Crippen LogP contribution in [-0.4, -0.2) is 22.7 Å². The van der Waals surface area contributed by atoms with E-state index >= 15 is 0 Å². The zero-order valence-electron chi connectivity index (χ0n) is 11.2. The number of nitrogens with zero attached hydrogens (tertiary/aromatic N) is 1. The van der Waals surface area contributed by atoms with Crippen molar-refractivity contribution in [2.45, 2.75) is 6.42 Å². The second kappa shape index (κ2) is 5.93. The average molecular weight is 299 g/mol. The van der Waals surface area contributed by atoms with Crippen LogP contribution < -0.4 is 4.74 Å². The molecule has 0 aliphatic carbocycles. The van der Waals surface area contributed by atoms with Gasteiger partial charge in [0.1, 0.15) is 10.6 Å². The Morgan fingerprint density at radius 2 is 2.14 bits per heavy atom. The van der Waals surface area contributed by atoms with Crippen LogP contribution in [0, 0.1) is 0 Å². The van der Waals surface area contributed by atoms with E-state index in [-0.39, 0.29) is 0 Å². The standard InChI is InChI=1S/C16H13NO3S/c18-16(19)15-9-11-4-5-13(10-14(11)21-15)20-8-6-12-3-1-2-7-17-12/h1-5,7,9-10H,6,8H2,(H,18,19). The van der Waals surface area contributed by atoms with E-state index in [1.807, 2.05) is 36.4 Å². The summed E-state index contributed by atoms with van der Waals surface area (Å²) >= 11 is 1.26. The second-order valence-corrected chi connectivity index (χ2v) is 5.62. The number of fused-ring (bicyclic) bond motifs is 1. The van der Waals surface area contributed by atoms with E-state index in [0.29, 0.717) is 11.5 Å². The number of aromatic nitrogens is 1. The fourth-order valence-corrected chi connectivity index (χ4v) is 2.96. The molecule has 0 unspecified atom stereocenters. The first-order chi connectivity index (χ1) is 10.2. The summed E-state index contributed by atoms with van der Waals surface area (Å²) in [6.45, 7) is 0.541. The van der Waals surface area contributed by atoms with E-state index < -0.39 is 5.97 Å². The Balaban J connectivity index is 1.68. The summed E-state index contributed by atoms with van der Waals surface area (Å²) in [6.07, 6.45) is 2.50. The zero-order valence-corrected chi connectivity index (χ0v) is 12.0. The number of hydrogen-bond acceptors (Lipinski definition) is 4. The van der Waals surface area contributed by atoms with Gasteiger partial charge in [0.05, 0.1) is 6.61 Å². The predicted octanol–water partition coefficient (Wildman–Crippen LogP) is 3.62. The molecule has 0 radical (unpaired) electrons. The first-order valence-corrected chi connectivity index (χ1v) is 7.33. The minimum Gasteiger partial charge on any atom is -0.493 e. The fraction of sp³-hybridized carbons (Fsp3) is 0.125. The second-order valence-electron chi connectivity index (χ2n) is 4.53. The summed E-state index contributed by atoms with van der Waals surface area (Å²) in [4.78, 5) is 15.5. The van der Waals surface area contributed by atoms with Crippen LogP contribution in [0.15, 0.2) is 48.7 Å². The molecule has 0 amide bonds. The van der Waals surface area contributed by atoms with Gasteiger partial charge in [-0.05, 0) is 41.8 Å². The average Bonchev–Trinajstić information content (AvgIpc) is 2.92. The molecule has 3 aromatic rings. The number of carboxylic acid groups (broad SMARTS) is 1. The van der Waals surface area contributed by atoms with Crippen molar-refractivity contribution >= 4 is 27.4 Å². The van der Waals surface area contributed by atoms with Crippen LogP contribution >= 0.6 is 11.3 Å². The van der Waals surface area contributed by atoms with Gasteiger partial charge in [-0.2, -0.15) is 0 Å². The summed E-state index contributed by atoms with van der Waals surface area (Å²) in [5, 5.41) is 9.92. The number of carboxylic acids is 1. The number of pyridine rings is 1. The molecule has 1 N–H and O–H groups in total. The molecular weight excluding hydrogens is 286 g/mol. The normalized spacial score (nSPS) is 10.7. The minimum absolute atomic E-state index is 0.343. The molecule has 0 saturated carbocycles. The van der Waals surface area contributed by atoms with Crippen molar-refractivity contribution in [3.63, 3.8) is 0 Å². The Kier molecular flexibility index (Phi) is 3.83. The predicted molar refractivity (Wildman–Crippen MR) is 82.2 cm³/mol. The third-order valence-electron chi connectivity index (χ3n) is 3.06. The molecular formula is C16H13NO3S. The topological polar surface area (TPSA) is 59.4 Å². The van der Waals surface area contributed by atoms with Crippen LogP contribution in [0.1, 0.15) is 15.4 Å². The van der Waals surface area contributed by atoms with E-state index in [0.717, 1.165) is 28.0 Å². The van der Waals surface area contributed by atoms with Crippen LogP contribution in [0.25, 0.3) is 10.1 Å². The Morgan fingerprint density at radius 3 is 2.90 bits per heavy atom. The van der Waals surface area contributed by atoms with Gasteiger partial charge >= 0.3 is 5.97 Å². The Bertz CT molecular complexity index is 768. The van der Waals surface area contributed by atoms with Gasteiger partial charge in [-0.25, -0.2) is 4.79 Å². The lowest BCUT2D eigenvalue weighted by Crippen LogP contribution is -2.02. The molecule has 0 aliphatic rings. The Labute approximate surface area is 125 Å². The van der Waals surface area contributed by atoms with E-state index in [2.05, 4.69) is 4.98 Å². The molecule has 3 rings (SSSR count). The number of aromatic carboxylic acids is 1. The molecule has 106 valence electrons. The van der Waals surface area contributed by atoms with Crippen molar-refractivity contribution in [2.75, 3.05) is 6.61 Å². The molecule has 0 fully saturated rings. The molecule has 5 heteroatoms. The molecule has 21 heavy (non-hydrogen) atoms. The lowest BCUT2D eigenvalue weighted by atomic mass is 10.2. The van der Waals surface area contributed by atoms with Crippen molar-refractivity contribution < 1.29 is 14.6 Å². The van der Waals surface area contributed by atoms with Gasteiger partial charge in [-0.1, -0.05) is 6.07 Å². The van der Waals surface area contributed by atoms with Crippen molar-refractivity contribution in [1.29, 1.82) is 0 Å². The third kappa shape index (κ3) is 3.20. The lowest BCUT2D eigenvalue weighted by molar-refractivity contribution is 0.0702. The number of hydrogen-bond donors (Lipinski definition) is 1. The van der Waals surface area contributed by atoms with Gasteiger partial charge in [0.15, 0.2) is 0 Å². The minimum atomic E-state index is -0.895. The van der Waals surface area contributed by atoms with Crippen molar-refractivity contribution in [1.82, 2.24) is 4.98 Å². The number of carbonyl (C=O) groups is 1. The van der Waals surface area contributed by atoms with Crippen molar-refractivity contribution in [2.24, 2.45) is 0 Å². The molecule has 2 aromatic heterocycles. The smallest absolute Gasteiger partial charge is 0.345 e. The molecule has 0 bridgehead atoms. The highest BCUT2D eigenvalue weighted by Gasteiger charge is 2.08. The summed E-state index contributed by atoms with van der Waals surface area (Å²) in [5.74, 6) is -0.147. The SMILES string of the molecule is O=C(O)c1cc2ccc(OCCc3ccccn3)cc2s1. The molecule has 2 heterocycles. The van der Waals surface area contributed by atoms with Gasteiger partial charge < -0.3 is 9.84 Å². The van der Waals surface area contributed by atoms with Crippen molar-refractivity contribution in [3.8, 4) is 5.75 Å². The maximum atomic E-state index is 11.0. The van der Waals surface area contributed by atoms with Gasteiger partial charge in [0.25, 0.3) is 0 Å². The zero-order chi connectivity index (χ0) is 14.7. The van der Waals surface area contributed by atoms with E-state index in [1.165, 1.54) is 11.3 Å². The summed E-state index contributed by atoms with van der Waals surface area (Å²) in [7, 11) is 0. The number of benzene rings is 1. The monoisotopic (exact) mass is 299 g/mol. The molecule has 0 spiro atoms. The summed E-state index contributed by atoms with van der Waals surface area (Å²) in [6, 6.07) is 13.1. The summed E-state index contributed by atoms with van der Waals surface area (Å²) < 4.78 is 6.63. The van der Waals surface area contributed by atoms with Crippen LogP contribution in [-0.2, 0) is 6.42 Å². The van der Waals surface area contributed by atoms with Crippen LogP contribution in [0.2, 0.25) is 0 Å². The molecule has 0 atom stereocenters. The van der Waals surface area contributed by atoms with Gasteiger partial charge in [0.2, 0.25) is 0 Å². The third-order valence-corrected chi connectivity index (χ3v) is 4.14. The molecule has 0 saturated heterocycles. The highest BCUT2D eigenvalue weighted by molar-refractivity contribution is 7.20. The molecule has 4 nitrogen and oxygen atoms in total. The first-order valence-electron chi connectivity index (χ1n) is 6.52. The lowest BCUT2D eigenvalue weighted by Gasteiger charge is -2.05. The Hall–Kier alpha value is -2.40. The maximum absolute atomic E-state index is 11.0. The number of ether oxygens (including phenoxy) is 1. The van der Waals surface area contributed by atoms with E-state index in [9.17, 15) is 4.79 Å². The van der Waals surface area contributed by atoms with E-state index in [1.54, 1.807) is 12.3 Å². The highest BCUT2D eigenvalue weighted by Crippen LogP contribution is 2.29. The van der Waals surface area contributed by atoms with Gasteiger partial charge in [-0.15, -0.1) is 11.3 Å². The van der Waals surface area contributed by atoms with Crippen LogP contribution in [0.3, 0.4) is 0 Å². The van der Waals surface area contributed by atoms with E-state index in [4.69, 9.17) is 9.84 Å². The first kappa shape index (κ1) is 13.6. The Morgan fingerprint density at radius 1 is 1.24 bits per heavy atom. The molecule has 1 aromatic carbocycles.